The van der Waals surface area contributed by atoms with Crippen molar-refractivity contribution >= 4 is 11.8 Å². The first-order chi connectivity index (χ1) is 13.4. The van der Waals surface area contributed by atoms with Gasteiger partial charge in [-0.05, 0) is 35.7 Å². The predicted molar refractivity (Wildman–Crippen MR) is 105 cm³/mol. The van der Waals surface area contributed by atoms with E-state index >= 15 is 0 Å². The predicted octanol–water partition coefficient (Wildman–Crippen LogP) is 3.35. The van der Waals surface area contributed by atoms with Gasteiger partial charge in [0.25, 0.3) is 0 Å². The molecule has 4 nitrogen and oxygen atoms in total. The Labute approximate surface area is 164 Å². The van der Waals surface area contributed by atoms with Crippen LogP contribution in [0.15, 0.2) is 48.5 Å². The van der Waals surface area contributed by atoms with Crippen LogP contribution in [-0.4, -0.2) is 41.2 Å². The van der Waals surface area contributed by atoms with E-state index in [-0.39, 0.29) is 41.9 Å². The summed E-state index contributed by atoms with van der Waals surface area (Å²) in [4.78, 5) is 28.9. The van der Waals surface area contributed by atoms with Gasteiger partial charge in [0.1, 0.15) is 5.82 Å². The summed E-state index contributed by atoms with van der Waals surface area (Å²) in [6.45, 7) is 5.68. The zero-order valence-electron chi connectivity index (χ0n) is 16.3. The Balaban J connectivity index is 1.54. The van der Waals surface area contributed by atoms with Crippen molar-refractivity contribution in [3.8, 4) is 0 Å². The first-order valence-electron chi connectivity index (χ1n) is 9.79. The Kier molecular flexibility index (Phi) is 4.92. The topological polar surface area (TPSA) is 40.6 Å². The number of benzene rings is 2. The molecule has 0 spiro atoms. The molecule has 0 N–H and O–H groups in total. The molecule has 146 valence electrons. The van der Waals surface area contributed by atoms with Crippen molar-refractivity contribution in [2.75, 3.05) is 19.6 Å². The molecule has 2 heterocycles. The molecular formula is C23H25FN2O2. The molecule has 4 rings (SSSR count). The van der Waals surface area contributed by atoms with Gasteiger partial charge in [0.15, 0.2) is 0 Å². The van der Waals surface area contributed by atoms with Crippen LogP contribution in [-0.2, 0) is 16.0 Å². The molecule has 2 aliphatic rings. The Morgan fingerprint density at radius 1 is 1.07 bits per heavy atom. The van der Waals surface area contributed by atoms with E-state index in [9.17, 15) is 14.0 Å². The molecule has 0 radical (unpaired) electrons. The van der Waals surface area contributed by atoms with E-state index in [4.69, 9.17) is 0 Å². The monoisotopic (exact) mass is 380 g/mol. The van der Waals surface area contributed by atoms with Gasteiger partial charge < -0.3 is 9.80 Å². The molecule has 2 saturated heterocycles. The second-order valence-electron chi connectivity index (χ2n) is 8.00. The van der Waals surface area contributed by atoms with Gasteiger partial charge in [-0.15, -0.1) is 0 Å². The Morgan fingerprint density at radius 3 is 2.57 bits per heavy atom. The summed E-state index contributed by atoms with van der Waals surface area (Å²) in [5, 5.41) is 0. The minimum absolute atomic E-state index is 0.00988. The number of carbonyl (C=O) groups is 2. The van der Waals surface area contributed by atoms with E-state index in [0.29, 0.717) is 25.2 Å². The molecule has 28 heavy (non-hydrogen) atoms. The molecule has 0 aliphatic carbocycles. The average Bonchev–Trinajstić information content (AvgIpc) is 3.20. The summed E-state index contributed by atoms with van der Waals surface area (Å²) in [5.74, 6) is 0.310. The maximum Gasteiger partial charge on any atom is 0.227 e. The zero-order valence-corrected chi connectivity index (χ0v) is 16.3. The first-order valence-corrected chi connectivity index (χ1v) is 9.79. The molecule has 2 aromatic rings. The summed E-state index contributed by atoms with van der Waals surface area (Å²) in [7, 11) is 0. The van der Waals surface area contributed by atoms with Crippen molar-refractivity contribution in [1.29, 1.82) is 0 Å². The van der Waals surface area contributed by atoms with Crippen molar-refractivity contribution in [2.24, 2.45) is 11.8 Å². The molecular weight excluding hydrogens is 355 g/mol. The van der Waals surface area contributed by atoms with Crippen molar-refractivity contribution < 1.29 is 14.0 Å². The van der Waals surface area contributed by atoms with Crippen molar-refractivity contribution in [3.05, 3.63) is 71.0 Å². The van der Waals surface area contributed by atoms with Crippen LogP contribution in [0.1, 0.15) is 29.7 Å². The molecule has 0 saturated carbocycles. The van der Waals surface area contributed by atoms with Gasteiger partial charge >= 0.3 is 0 Å². The fraction of sp³-hybridized carbons (Fsp3) is 0.391. The van der Waals surface area contributed by atoms with Crippen molar-refractivity contribution in [1.82, 2.24) is 9.80 Å². The fourth-order valence-corrected chi connectivity index (χ4v) is 4.82. The number of fused-ring (bicyclic) bond motifs is 1. The van der Waals surface area contributed by atoms with Gasteiger partial charge in [-0.25, -0.2) is 4.39 Å². The number of rotatable bonds is 3. The second kappa shape index (κ2) is 7.38. The third kappa shape index (κ3) is 3.41. The highest BCUT2D eigenvalue weighted by Crippen LogP contribution is 2.45. The molecule has 3 atom stereocenters. The second-order valence-corrected chi connectivity index (χ2v) is 8.00. The minimum atomic E-state index is -0.319. The van der Waals surface area contributed by atoms with E-state index in [1.54, 1.807) is 19.1 Å². The summed E-state index contributed by atoms with van der Waals surface area (Å²) in [6, 6.07) is 14.4. The van der Waals surface area contributed by atoms with Gasteiger partial charge in [-0.2, -0.15) is 0 Å². The molecule has 2 aromatic carbocycles. The lowest BCUT2D eigenvalue weighted by molar-refractivity contribution is -0.131. The molecule has 2 amide bonds. The molecule has 0 bridgehead atoms. The van der Waals surface area contributed by atoms with Crippen LogP contribution in [0.4, 0.5) is 4.39 Å². The van der Waals surface area contributed by atoms with E-state index in [2.05, 4.69) is 19.1 Å². The lowest BCUT2D eigenvalue weighted by Crippen LogP contribution is -2.37. The molecule has 5 heteroatoms. The first kappa shape index (κ1) is 18.7. The van der Waals surface area contributed by atoms with E-state index in [1.807, 2.05) is 21.9 Å². The molecule has 0 aromatic heterocycles. The lowest BCUT2D eigenvalue weighted by atomic mass is 9.87. The zero-order chi connectivity index (χ0) is 19.8. The number of aryl methyl sites for hydroxylation is 1. The van der Waals surface area contributed by atoms with Gasteiger partial charge in [-0.3, -0.25) is 9.59 Å². The number of likely N-dealkylation sites (tertiary alicyclic amines) is 2. The van der Waals surface area contributed by atoms with Crippen LogP contribution in [0.3, 0.4) is 0 Å². The minimum Gasteiger partial charge on any atom is -0.342 e. The van der Waals surface area contributed by atoms with Crippen LogP contribution >= 0.6 is 0 Å². The van der Waals surface area contributed by atoms with Gasteiger partial charge in [0.05, 0.1) is 12.5 Å². The van der Waals surface area contributed by atoms with Gasteiger partial charge in [0, 0.05) is 38.4 Å². The third-order valence-electron chi connectivity index (χ3n) is 6.17. The maximum absolute atomic E-state index is 13.4. The van der Waals surface area contributed by atoms with Gasteiger partial charge in [0.2, 0.25) is 11.8 Å². The summed E-state index contributed by atoms with van der Waals surface area (Å²) < 4.78 is 13.4. The molecule has 2 fully saturated rings. The summed E-state index contributed by atoms with van der Waals surface area (Å²) in [6.07, 6.45) is 0.211. The highest BCUT2D eigenvalue weighted by atomic mass is 19.1. The summed E-state index contributed by atoms with van der Waals surface area (Å²) in [5.41, 5.74) is 3.04. The van der Waals surface area contributed by atoms with Crippen LogP contribution < -0.4 is 0 Å². The van der Waals surface area contributed by atoms with Gasteiger partial charge in [-0.1, -0.05) is 36.4 Å². The molecule has 2 aliphatic heterocycles. The van der Waals surface area contributed by atoms with Crippen LogP contribution in [0.25, 0.3) is 0 Å². The normalized spacial score (nSPS) is 23.8. The average molecular weight is 380 g/mol. The smallest absolute Gasteiger partial charge is 0.227 e. The quantitative estimate of drug-likeness (QED) is 0.819. The van der Waals surface area contributed by atoms with Crippen LogP contribution in [0.2, 0.25) is 0 Å². The highest BCUT2D eigenvalue weighted by Gasteiger charge is 2.49. The number of amides is 2. The fourth-order valence-electron chi connectivity index (χ4n) is 4.82. The lowest BCUT2D eigenvalue weighted by Gasteiger charge is -2.30. The van der Waals surface area contributed by atoms with Crippen molar-refractivity contribution in [3.63, 3.8) is 0 Å². The number of hydrogen-bond acceptors (Lipinski definition) is 2. The van der Waals surface area contributed by atoms with E-state index in [0.717, 1.165) is 0 Å². The Morgan fingerprint density at radius 2 is 1.86 bits per heavy atom. The number of halogens is 1. The Bertz CT molecular complexity index is 913. The molecule has 0 unspecified atom stereocenters. The highest BCUT2D eigenvalue weighted by molar-refractivity contribution is 5.79. The summed E-state index contributed by atoms with van der Waals surface area (Å²) >= 11 is 0. The van der Waals surface area contributed by atoms with Crippen LogP contribution in [0.5, 0.6) is 0 Å². The van der Waals surface area contributed by atoms with Crippen molar-refractivity contribution in [2.45, 2.75) is 26.3 Å². The third-order valence-corrected chi connectivity index (χ3v) is 6.17. The number of nitrogens with zero attached hydrogens (tertiary/aromatic N) is 2. The van der Waals surface area contributed by atoms with E-state index < -0.39 is 0 Å². The standard InChI is InChI=1S/C23H25FN2O2/c1-15-6-3-4-9-20(15)23-21-14-25(12-18(21)13-26(23)16(2)27)22(28)11-17-7-5-8-19(24)10-17/h3-10,18,21,23H,11-14H2,1-2H3/t18-,21-,23+/m1/s1. The van der Waals surface area contributed by atoms with Crippen LogP contribution in [0, 0.1) is 24.6 Å². The maximum atomic E-state index is 13.4. The number of hydrogen-bond donors (Lipinski definition) is 0. The Hall–Kier alpha value is -2.69. The SMILES string of the molecule is CC(=O)N1C[C@H]2CN(C(=O)Cc3cccc(F)c3)C[C@H]2[C@@H]1c1ccccc1C. The number of carbonyl (C=O) groups excluding carboxylic acids is 2. The van der Waals surface area contributed by atoms with E-state index in [1.165, 1.54) is 23.3 Å². The largest absolute Gasteiger partial charge is 0.342 e.